The number of hydrogen-bond donors (Lipinski definition) is 4. The number of pyridine rings is 1. The van der Waals surface area contributed by atoms with Crippen LogP contribution in [0.15, 0.2) is 65.2 Å². The lowest BCUT2D eigenvalue weighted by atomic mass is 10.1. The van der Waals surface area contributed by atoms with Crippen LogP contribution in [-0.2, 0) is 0 Å². The van der Waals surface area contributed by atoms with E-state index in [1.165, 1.54) is 12.3 Å². The SMILES string of the molecule is CC1=CN=C(N)/C(=C(/N)c2ccc(C(=O)Nc3cc(F)ccn3)cc2)N1. The maximum absolute atomic E-state index is 13.2. The summed E-state index contributed by atoms with van der Waals surface area (Å²) < 4.78 is 13.2. The minimum absolute atomic E-state index is 0.137. The summed E-state index contributed by atoms with van der Waals surface area (Å²) in [6.07, 6.45) is 2.89. The molecule has 0 aliphatic carbocycles. The number of aliphatic imine (C=N–C) groups is 1. The molecule has 132 valence electrons. The van der Waals surface area contributed by atoms with Crippen molar-refractivity contribution in [2.75, 3.05) is 5.32 Å². The lowest BCUT2D eigenvalue weighted by Gasteiger charge is -2.17. The van der Waals surface area contributed by atoms with Gasteiger partial charge in [-0.1, -0.05) is 12.1 Å². The van der Waals surface area contributed by atoms with Gasteiger partial charge in [0.25, 0.3) is 5.91 Å². The van der Waals surface area contributed by atoms with E-state index in [9.17, 15) is 9.18 Å². The molecule has 8 heteroatoms. The van der Waals surface area contributed by atoms with Crippen molar-refractivity contribution in [3.05, 3.63) is 77.1 Å². The summed E-state index contributed by atoms with van der Waals surface area (Å²) in [7, 11) is 0. The van der Waals surface area contributed by atoms with E-state index in [2.05, 4.69) is 20.6 Å². The molecule has 0 saturated carbocycles. The van der Waals surface area contributed by atoms with Gasteiger partial charge in [0, 0.05) is 29.7 Å². The van der Waals surface area contributed by atoms with E-state index in [0.29, 0.717) is 22.5 Å². The largest absolute Gasteiger partial charge is 0.396 e. The van der Waals surface area contributed by atoms with Gasteiger partial charge in [-0.2, -0.15) is 0 Å². The van der Waals surface area contributed by atoms with Gasteiger partial charge in [0.05, 0.1) is 5.70 Å². The summed E-state index contributed by atoms with van der Waals surface area (Å²) in [6, 6.07) is 8.94. The molecule has 0 unspecified atom stereocenters. The Kier molecular flexibility index (Phi) is 4.66. The van der Waals surface area contributed by atoms with Gasteiger partial charge in [0.15, 0.2) is 0 Å². The first-order valence-corrected chi connectivity index (χ1v) is 7.74. The average molecular weight is 352 g/mol. The molecule has 0 fully saturated rings. The zero-order chi connectivity index (χ0) is 18.7. The fourth-order valence-electron chi connectivity index (χ4n) is 2.34. The van der Waals surface area contributed by atoms with Crippen LogP contribution in [0.5, 0.6) is 0 Å². The van der Waals surface area contributed by atoms with Crippen LogP contribution in [0.3, 0.4) is 0 Å². The van der Waals surface area contributed by atoms with Crippen molar-refractivity contribution in [2.45, 2.75) is 6.92 Å². The second-order valence-corrected chi connectivity index (χ2v) is 5.63. The monoisotopic (exact) mass is 352 g/mol. The van der Waals surface area contributed by atoms with Crippen LogP contribution >= 0.6 is 0 Å². The van der Waals surface area contributed by atoms with E-state index >= 15 is 0 Å². The molecule has 2 heterocycles. The number of carbonyl (C=O) groups is 1. The van der Waals surface area contributed by atoms with Crippen molar-refractivity contribution in [2.24, 2.45) is 16.5 Å². The molecule has 1 aliphatic heterocycles. The first-order chi connectivity index (χ1) is 12.4. The molecule has 1 aromatic carbocycles. The zero-order valence-corrected chi connectivity index (χ0v) is 14.0. The Bertz CT molecular complexity index is 946. The second-order valence-electron chi connectivity index (χ2n) is 5.63. The zero-order valence-electron chi connectivity index (χ0n) is 14.0. The summed E-state index contributed by atoms with van der Waals surface area (Å²) in [6.45, 7) is 1.84. The molecule has 1 amide bonds. The highest BCUT2D eigenvalue weighted by molar-refractivity contribution is 6.05. The Balaban J connectivity index is 1.79. The smallest absolute Gasteiger partial charge is 0.256 e. The maximum atomic E-state index is 13.2. The molecule has 0 saturated heterocycles. The van der Waals surface area contributed by atoms with Crippen LogP contribution in [0.25, 0.3) is 5.70 Å². The molecule has 1 aromatic heterocycles. The van der Waals surface area contributed by atoms with Gasteiger partial charge in [0.2, 0.25) is 0 Å². The van der Waals surface area contributed by atoms with Crippen LogP contribution in [0.4, 0.5) is 10.2 Å². The number of rotatable bonds is 3. The van der Waals surface area contributed by atoms with E-state index in [1.54, 1.807) is 30.5 Å². The first kappa shape index (κ1) is 17.2. The van der Waals surface area contributed by atoms with Crippen LogP contribution in [-0.4, -0.2) is 16.7 Å². The third kappa shape index (κ3) is 3.69. The van der Waals surface area contributed by atoms with E-state index in [-0.39, 0.29) is 11.7 Å². The Labute approximate surface area is 149 Å². The normalized spacial score (nSPS) is 15.5. The quantitative estimate of drug-likeness (QED) is 0.673. The number of benzene rings is 1. The predicted octanol–water partition coefficient (Wildman–Crippen LogP) is 1.92. The number of amides is 1. The summed E-state index contributed by atoms with van der Waals surface area (Å²) in [5.41, 5.74) is 14.8. The van der Waals surface area contributed by atoms with Crippen LogP contribution in [0.2, 0.25) is 0 Å². The summed E-state index contributed by atoms with van der Waals surface area (Å²) in [5, 5.41) is 5.61. The van der Waals surface area contributed by atoms with Gasteiger partial charge >= 0.3 is 0 Å². The minimum Gasteiger partial charge on any atom is -0.396 e. The van der Waals surface area contributed by atoms with Crippen molar-refractivity contribution in [3.63, 3.8) is 0 Å². The predicted molar refractivity (Wildman–Crippen MR) is 98.2 cm³/mol. The first-order valence-electron chi connectivity index (χ1n) is 7.74. The van der Waals surface area contributed by atoms with Gasteiger partial charge in [-0.15, -0.1) is 0 Å². The molecule has 26 heavy (non-hydrogen) atoms. The average Bonchev–Trinajstić information content (AvgIpc) is 2.63. The number of amidine groups is 1. The van der Waals surface area contributed by atoms with Gasteiger partial charge in [0.1, 0.15) is 23.2 Å². The lowest BCUT2D eigenvalue weighted by molar-refractivity contribution is 0.102. The van der Waals surface area contributed by atoms with Crippen molar-refractivity contribution < 1.29 is 9.18 Å². The summed E-state index contributed by atoms with van der Waals surface area (Å²) in [4.78, 5) is 20.2. The fraction of sp³-hybridized carbons (Fsp3) is 0.0556. The van der Waals surface area contributed by atoms with Crippen LogP contribution in [0, 0.1) is 5.82 Å². The number of nitrogens with two attached hydrogens (primary N) is 2. The van der Waals surface area contributed by atoms with Gasteiger partial charge < -0.3 is 22.1 Å². The summed E-state index contributed by atoms with van der Waals surface area (Å²) >= 11 is 0. The van der Waals surface area contributed by atoms with Gasteiger partial charge in [-0.25, -0.2) is 14.4 Å². The van der Waals surface area contributed by atoms with Gasteiger partial charge in [-0.05, 0) is 30.7 Å². The van der Waals surface area contributed by atoms with E-state index in [4.69, 9.17) is 11.5 Å². The molecule has 3 rings (SSSR count). The van der Waals surface area contributed by atoms with Crippen LogP contribution in [0.1, 0.15) is 22.8 Å². The molecule has 0 radical (unpaired) electrons. The number of aromatic nitrogens is 1. The van der Waals surface area contributed by atoms with Crippen molar-refractivity contribution in [1.82, 2.24) is 10.3 Å². The molecular formula is C18H17FN6O. The molecule has 0 spiro atoms. The van der Waals surface area contributed by atoms with E-state index < -0.39 is 11.7 Å². The van der Waals surface area contributed by atoms with Crippen molar-refractivity contribution in [3.8, 4) is 0 Å². The van der Waals surface area contributed by atoms with E-state index in [1.807, 2.05) is 6.92 Å². The molecule has 0 bridgehead atoms. The fourth-order valence-corrected chi connectivity index (χ4v) is 2.34. The number of nitrogens with zero attached hydrogens (tertiary/aromatic N) is 2. The maximum Gasteiger partial charge on any atom is 0.256 e. The Morgan fingerprint density at radius 1 is 1.19 bits per heavy atom. The third-order valence-electron chi connectivity index (χ3n) is 3.67. The minimum atomic E-state index is -0.478. The molecular weight excluding hydrogens is 335 g/mol. The molecule has 1 aliphatic rings. The van der Waals surface area contributed by atoms with Gasteiger partial charge in [-0.3, -0.25) is 4.79 Å². The Hall–Kier alpha value is -3.68. The molecule has 2 aromatic rings. The summed E-state index contributed by atoms with van der Waals surface area (Å²) in [5.74, 6) is -0.462. The highest BCUT2D eigenvalue weighted by Gasteiger charge is 2.14. The highest BCUT2D eigenvalue weighted by atomic mass is 19.1. The van der Waals surface area contributed by atoms with Crippen LogP contribution < -0.4 is 22.1 Å². The lowest BCUT2D eigenvalue weighted by Crippen LogP contribution is -2.31. The topological polar surface area (TPSA) is 118 Å². The highest BCUT2D eigenvalue weighted by Crippen LogP contribution is 2.17. The third-order valence-corrected chi connectivity index (χ3v) is 3.67. The van der Waals surface area contributed by atoms with E-state index in [0.717, 1.165) is 11.8 Å². The Morgan fingerprint density at radius 2 is 1.88 bits per heavy atom. The second kappa shape index (κ2) is 7.06. The van der Waals surface area contributed by atoms with Crippen molar-refractivity contribution >= 4 is 23.3 Å². The Morgan fingerprint density at radius 3 is 2.58 bits per heavy atom. The van der Waals surface area contributed by atoms with Crippen molar-refractivity contribution in [1.29, 1.82) is 0 Å². The number of nitrogens with one attached hydrogen (secondary N) is 2. The molecule has 6 N–H and O–H groups in total. The molecule has 7 nitrogen and oxygen atoms in total. The molecule has 0 atom stereocenters. The number of halogens is 1. The standard InChI is InChI=1S/C18H17FN6O/c1-10-9-23-17(21)16(24-10)15(20)11-2-4-12(5-3-11)18(26)25-14-8-13(19)6-7-22-14/h2-9,24H,20H2,1H3,(H2,21,23)(H,22,25,26)/b16-15-. The number of hydrogen-bond acceptors (Lipinski definition) is 6. The number of carbonyl (C=O) groups excluding carboxylic acids is 1. The number of allylic oxidation sites excluding steroid dienone is 1. The number of anilines is 1.